The molecule has 0 aromatic heterocycles. The molecule has 0 amide bonds. The molecule has 2 N–H and O–H groups in total. The zero-order chi connectivity index (χ0) is 16.3. The Bertz CT molecular complexity index is 576. The van der Waals surface area contributed by atoms with Gasteiger partial charge in [0.25, 0.3) is 0 Å². The van der Waals surface area contributed by atoms with Crippen LogP contribution in [0.25, 0.3) is 0 Å². The van der Waals surface area contributed by atoms with E-state index in [1.807, 2.05) is 0 Å². The van der Waals surface area contributed by atoms with Gasteiger partial charge in [-0.25, -0.2) is 0 Å². The van der Waals surface area contributed by atoms with Crippen LogP contribution < -0.4 is 5.32 Å². The maximum absolute atomic E-state index is 6.99. The van der Waals surface area contributed by atoms with E-state index < -0.39 is 8.32 Å². The summed E-state index contributed by atoms with van der Waals surface area (Å²) in [5.41, 5.74) is 2.23. The summed E-state index contributed by atoms with van der Waals surface area (Å²) in [4.78, 5) is 0. The highest BCUT2D eigenvalue weighted by Gasteiger charge is 2.49. The van der Waals surface area contributed by atoms with Gasteiger partial charge in [0.2, 0.25) is 0 Å². The molecule has 2 aromatic carbocycles. The van der Waals surface area contributed by atoms with E-state index in [9.17, 15) is 0 Å². The molecule has 1 atom stereocenters. The first-order chi connectivity index (χ1) is 11.0. The first-order valence-corrected chi connectivity index (χ1v) is 12.1. The lowest BCUT2D eigenvalue weighted by atomic mass is 9.79. The van der Waals surface area contributed by atoms with E-state index in [1.165, 1.54) is 30.5 Å². The molecular weight excluding hydrogens is 298 g/mol. The number of hydrogen-bond donors (Lipinski definition) is 1. The van der Waals surface area contributed by atoms with Crippen molar-refractivity contribution >= 4 is 8.32 Å². The van der Waals surface area contributed by atoms with Crippen molar-refractivity contribution in [3.8, 4) is 0 Å². The maximum Gasteiger partial charge on any atom is 0.185 e. The molecule has 2 nitrogen and oxygen atoms in total. The van der Waals surface area contributed by atoms with Crippen LogP contribution in [0.4, 0.5) is 0 Å². The standard InChI is InChI=1S/C20H27NOSi/c1-23(2,3)22-20(19-15-10-16-21-19,17-11-6-4-7-12-17)18-13-8-5-9-14-18/h4-9,11-14,19,21H,10,15-16H2,1-3H3/p+1/t19-/m1/s1. The van der Waals surface area contributed by atoms with Crippen LogP contribution in [0.1, 0.15) is 24.0 Å². The minimum Gasteiger partial charge on any atom is -0.399 e. The molecule has 23 heavy (non-hydrogen) atoms. The minimum atomic E-state index is -1.75. The van der Waals surface area contributed by atoms with Crippen molar-refractivity contribution in [1.82, 2.24) is 0 Å². The van der Waals surface area contributed by atoms with Crippen LogP contribution in [0.2, 0.25) is 19.6 Å². The predicted octanol–water partition coefficient (Wildman–Crippen LogP) is 3.51. The topological polar surface area (TPSA) is 25.8 Å². The Labute approximate surface area is 141 Å². The summed E-state index contributed by atoms with van der Waals surface area (Å²) in [5.74, 6) is 0. The molecular formula is C20H28NOSi+. The van der Waals surface area contributed by atoms with Gasteiger partial charge < -0.3 is 9.74 Å². The second-order valence-electron chi connectivity index (χ2n) is 7.46. The lowest BCUT2D eigenvalue weighted by Gasteiger charge is -2.42. The first kappa shape index (κ1) is 16.4. The van der Waals surface area contributed by atoms with Crippen LogP contribution in [-0.4, -0.2) is 20.9 Å². The van der Waals surface area contributed by atoms with E-state index in [4.69, 9.17) is 4.43 Å². The Morgan fingerprint density at radius 2 is 1.43 bits per heavy atom. The van der Waals surface area contributed by atoms with Gasteiger partial charge in [0.15, 0.2) is 13.9 Å². The molecule has 2 aromatic rings. The molecule has 1 fully saturated rings. The van der Waals surface area contributed by atoms with Gasteiger partial charge in [-0.15, -0.1) is 0 Å². The molecule has 0 radical (unpaired) electrons. The third-order valence-corrected chi connectivity index (χ3v) is 5.50. The Kier molecular flexibility index (Phi) is 4.71. The van der Waals surface area contributed by atoms with Gasteiger partial charge >= 0.3 is 0 Å². The van der Waals surface area contributed by atoms with Crippen LogP contribution in [-0.2, 0) is 10.0 Å². The van der Waals surface area contributed by atoms with Crippen molar-refractivity contribution in [2.24, 2.45) is 0 Å². The Morgan fingerprint density at radius 1 is 0.913 bits per heavy atom. The molecule has 0 unspecified atom stereocenters. The molecule has 122 valence electrons. The summed E-state index contributed by atoms with van der Waals surface area (Å²) in [5, 5.41) is 2.49. The number of nitrogens with two attached hydrogens (primary N) is 1. The molecule has 1 heterocycles. The van der Waals surface area contributed by atoms with Crippen LogP contribution >= 0.6 is 0 Å². The van der Waals surface area contributed by atoms with Crippen molar-refractivity contribution in [2.45, 2.75) is 44.1 Å². The summed E-state index contributed by atoms with van der Waals surface area (Å²) < 4.78 is 6.99. The smallest absolute Gasteiger partial charge is 0.185 e. The van der Waals surface area contributed by atoms with E-state index in [1.54, 1.807) is 0 Å². The van der Waals surface area contributed by atoms with Crippen LogP contribution in [0.3, 0.4) is 0 Å². The third kappa shape index (κ3) is 3.42. The zero-order valence-corrected chi connectivity index (χ0v) is 15.5. The predicted molar refractivity (Wildman–Crippen MR) is 97.9 cm³/mol. The van der Waals surface area contributed by atoms with Crippen LogP contribution in [0.5, 0.6) is 0 Å². The average molecular weight is 327 g/mol. The normalized spacial score (nSPS) is 19.0. The van der Waals surface area contributed by atoms with Gasteiger partial charge in [-0.1, -0.05) is 60.7 Å². The number of quaternary nitrogens is 1. The van der Waals surface area contributed by atoms with E-state index in [0.29, 0.717) is 6.04 Å². The molecule has 3 heteroatoms. The average Bonchev–Trinajstić information content (AvgIpc) is 3.08. The first-order valence-electron chi connectivity index (χ1n) is 8.67. The van der Waals surface area contributed by atoms with Gasteiger partial charge in [0.05, 0.1) is 6.54 Å². The second-order valence-corrected chi connectivity index (χ2v) is 11.9. The molecule has 1 aliphatic rings. The fraction of sp³-hybridized carbons (Fsp3) is 0.400. The number of hydrogen-bond acceptors (Lipinski definition) is 1. The van der Waals surface area contributed by atoms with Crippen LogP contribution in [0, 0.1) is 0 Å². The Hall–Kier alpha value is -1.42. The molecule has 0 spiro atoms. The van der Waals surface area contributed by atoms with Gasteiger partial charge in [-0.05, 0) is 30.8 Å². The molecule has 0 saturated carbocycles. The summed E-state index contributed by atoms with van der Waals surface area (Å²) in [6, 6.07) is 22.1. The largest absolute Gasteiger partial charge is 0.399 e. The molecule has 0 aliphatic carbocycles. The van der Waals surface area contributed by atoms with Gasteiger partial charge in [-0.3, -0.25) is 0 Å². The summed E-state index contributed by atoms with van der Waals surface area (Å²) >= 11 is 0. The molecule has 3 rings (SSSR count). The quantitative estimate of drug-likeness (QED) is 0.836. The highest BCUT2D eigenvalue weighted by molar-refractivity contribution is 6.69. The van der Waals surface area contributed by atoms with Crippen molar-refractivity contribution < 1.29 is 9.74 Å². The monoisotopic (exact) mass is 326 g/mol. The highest BCUT2D eigenvalue weighted by Crippen LogP contribution is 2.40. The molecule has 1 saturated heterocycles. The molecule has 1 aliphatic heterocycles. The fourth-order valence-corrected chi connectivity index (χ4v) is 5.14. The van der Waals surface area contributed by atoms with E-state index in [0.717, 1.165) is 0 Å². The molecule has 0 bridgehead atoms. The summed E-state index contributed by atoms with van der Waals surface area (Å²) in [6.45, 7) is 8.08. The summed E-state index contributed by atoms with van der Waals surface area (Å²) in [6.07, 6.45) is 2.47. The van der Waals surface area contributed by atoms with Crippen molar-refractivity contribution in [3.63, 3.8) is 0 Å². The Balaban J connectivity index is 2.20. The van der Waals surface area contributed by atoms with Crippen molar-refractivity contribution in [3.05, 3.63) is 71.8 Å². The van der Waals surface area contributed by atoms with E-state index in [-0.39, 0.29) is 5.60 Å². The fourth-order valence-electron chi connectivity index (χ4n) is 3.79. The third-order valence-electron chi connectivity index (χ3n) is 4.57. The zero-order valence-electron chi connectivity index (χ0n) is 14.5. The van der Waals surface area contributed by atoms with Crippen LogP contribution in [0.15, 0.2) is 60.7 Å². The lowest BCUT2D eigenvalue weighted by molar-refractivity contribution is -0.683. The maximum atomic E-state index is 6.99. The van der Waals surface area contributed by atoms with Crippen molar-refractivity contribution in [1.29, 1.82) is 0 Å². The van der Waals surface area contributed by atoms with E-state index in [2.05, 4.69) is 85.6 Å². The Morgan fingerprint density at radius 3 is 1.83 bits per heavy atom. The van der Waals surface area contributed by atoms with Gasteiger partial charge in [0.1, 0.15) is 6.04 Å². The van der Waals surface area contributed by atoms with Gasteiger partial charge in [0, 0.05) is 12.8 Å². The lowest BCUT2D eigenvalue weighted by Crippen LogP contribution is -2.91. The minimum absolute atomic E-state index is 0.344. The number of rotatable bonds is 5. The SMILES string of the molecule is C[Si](C)(C)OC(c1ccccc1)(c1ccccc1)[C@H]1CCC[NH2+]1. The van der Waals surface area contributed by atoms with E-state index >= 15 is 0 Å². The highest BCUT2D eigenvalue weighted by atomic mass is 28.4. The number of benzene rings is 2. The van der Waals surface area contributed by atoms with Gasteiger partial charge in [-0.2, -0.15) is 0 Å². The second kappa shape index (κ2) is 6.60. The van der Waals surface area contributed by atoms with Crippen molar-refractivity contribution in [2.75, 3.05) is 6.54 Å². The summed E-state index contributed by atoms with van der Waals surface area (Å²) in [7, 11) is -1.75.